The molecule has 218 valence electrons. The Balaban J connectivity index is 1.57. The van der Waals surface area contributed by atoms with Gasteiger partial charge in [-0.05, 0) is 66.0 Å². The zero-order valence-corrected chi connectivity index (χ0v) is 27.1. The lowest BCUT2D eigenvalue weighted by molar-refractivity contribution is -0.164. The second-order valence-corrected chi connectivity index (χ2v) is 14.5. The second kappa shape index (κ2) is 12.0. The fraction of sp³-hybridized carbons (Fsp3) is 0.441. The van der Waals surface area contributed by atoms with E-state index < -0.39 is 22.0 Å². The van der Waals surface area contributed by atoms with Crippen molar-refractivity contribution in [3.05, 3.63) is 83.7 Å². The van der Waals surface area contributed by atoms with Gasteiger partial charge in [0.25, 0.3) is 0 Å². The minimum Gasteiger partial charge on any atom is -0.479 e. The monoisotopic (exact) mass is 593 g/mol. The maximum atomic E-state index is 15.2. The first-order valence-electron chi connectivity index (χ1n) is 14.0. The molecule has 1 aliphatic rings. The normalized spacial score (nSPS) is 17.9. The fourth-order valence-corrected chi connectivity index (χ4v) is 8.61. The zero-order valence-electron chi connectivity index (χ0n) is 25.4. The third-order valence-corrected chi connectivity index (χ3v) is 9.42. The summed E-state index contributed by atoms with van der Waals surface area (Å²) in [5.41, 5.74) is 1.29. The lowest BCUT2D eigenvalue weighted by atomic mass is 9.53. The molecule has 0 fully saturated rings. The van der Waals surface area contributed by atoms with Crippen LogP contribution in [-0.2, 0) is 20.2 Å². The van der Waals surface area contributed by atoms with Gasteiger partial charge in [0, 0.05) is 22.3 Å². The summed E-state index contributed by atoms with van der Waals surface area (Å²) in [4.78, 5) is 7.01. The summed E-state index contributed by atoms with van der Waals surface area (Å²) >= 11 is 1.56. The van der Waals surface area contributed by atoms with Crippen LogP contribution in [0, 0.1) is 23.6 Å². The first-order valence-corrected chi connectivity index (χ1v) is 15.6. The third kappa shape index (κ3) is 6.30. The highest BCUT2D eigenvalue weighted by atomic mass is 32.2. The molecule has 1 aliphatic heterocycles. The van der Waals surface area contributed by atoms with Crippen LogP contribution in [0.5, 0.6) is 0 Å². The van der Waals surface area contributed by atoms with E-state index in [2.05, 4.69) is 60.6 Å². The molecular formula is C34H41FNO3PS. The van der Waals surface area contributed by atoms with Crippen LogP contribution in [-0.4, -0.2) is 23.6 Å². The van der Waals surface area contributed by atoms with Crippen molar-refractivity contribution in [1.29, 1.82) is 0 Å². The summed E-state index contributed by atoms with van der Waals surface area (Å²) in [7, 11) is -0.376. The highest BCUT2D eigenvalue weighted by Crippen LogP contribution is 2.58. The summed E-state index contributed by atoms with van der Waals surface area (Å²) in [5.74, 6) is 0.375. The van der Waals surface area contributed by atoms with Gasteiger partial charge in [0.2, 0.25) is 0 Å². The van der Waals surface area contributed by atoms with Crippen molar-refractivity contribution in [3.63, 3.8) is 0 Å². The highest BCUT2D eigenvalue weighted by molar-refractivity contribution is 7.99. The lowest BCUT2D eigenvalue weighted by Crippen LogP contribution is -2.68. The van der Waals surface area contributed by atoms with Crippen LogP contribution in [0.3, 0.4) is 0 Å². The van der Waals surface area contributed by atoms with Gasteiger partial charge in [-0.1, -0.05) is 101 Å². The summed E-state index contributed by atoms with van der Waals surface area (Å²) in [6, 6.07) is 21.7. The van der Waals surface area contributed by atoms with Crippen molar-refractivity contribution in [2.45, 2.75) is 89.2 Å². The van der Waals surface area contributed by atoms with E-state index >= 15 is 4.39 Å². The molecule has 0 N–H and O–H groups in total. The van der Waals surface area contributed by atoms with Crippen LogP contribution in [0.2, 0.25) is 0 Å². The van der Waals surface area contributed by atoms with Crippen molar-refractivity contribution >= 4 is 26.3 Å². The molecule has 0 saturated carbocycles. The van der Waals surface area contributed by atoms with Crippen molar-refractivity contribution < 1.29 is 18.2 Å². The molecule has 0 spiro atoms. The largest absolute Gasteiger partial charge is 0.479 e. The molecule has 1 unspecified atom stereocenters. The van der Waals surface area contributed by atoms with Crippen LogP contribution in [0.15, 0.2) is 81.5 Å². The van der Waals surface area contributed by atoms with Crippen LogP contribution in [0.25, 0.3) is 11.1 Å². The molecule has 0 radical (unpaired) electrons. The van der Waals surface area contributed by atoms with Crippen LogP contribution < -0.4 is 0 Å². The average Bonchev–Trinajstić information content (AvgIpc) is 3.26. The predicted octanol–water partition coefficient (Wildman–Crippen LogP) is 10.1. The van der Waals surface area contributed by atoms with Crippen molar-refractivity contribution in [3.8, 4) is 11.1 Å². The molecule has 3 aromatic carbocycles. The number of nitrogens with zero attached hydrogens (tertiary/aromatic N) is 1. The molecule has 4 nitrogen and oxygen atoms in total. The fourth-order valence-electron chi connectivity index (χ4n) is 6.82. The van der Waals surface area contributed by atoms with E-state index in [-0.39, 0.29) is 14.5 Å². The predicted molar refractivity (Wildman–Crippen MR) is 168 cm³/mol. The van der Waals surface area contributed by atoms with E-state index in [1.165, 1.54) is 5.56 Å². The van der Waals surface area contributed by atoms with Gasteiger partial charge in [-0.3, -0.25) is 4.52 Å². The summed E-state index contributed by atoms with van der Waals surface area (Å²) < 4.78 is 39.4. The molecule has 1 heterocycles. The SMILES string of the molecule is CC1=NC(CCc2ccc(-c3ccc(Sc4cccc(C)c4)cc3F)cc2)(C(OP=O)(C(C)(C)C)C(C)(C)C)CO1. The molecule has 3 aromatic rings. The molecule has 4 rings (SSSR count). The van der Waals surface area contributed by atoms with Crippen LogP contribution in [0.4, 0.5) is 4.39 Å². The lowest BCUT2D eigenvalue weighted by Gasteiger charge is -2.58. The van der Waals surface area contributed by atoms with Gasteiger partial charge < -0.3 is 4.74 Å². The van der Waals surface area contributed by atoms with E-state index in [1.54, 1.807) is 17.8 Å². The molecule has 0 aliphatic carbocycles. The number of hydrogen-bond donors (Lipinski definition) is 0. The van der Waals surface area contributed by atoms with Gasteiger partial charge in [0.15, 0.2) is 5.90 Å². The molecule has 0 aromatic heterocycles. The maximum absolute atomic E-state index is 15.2. The minimum absolute atomic E-state index is 0.240. The van der Waals surface area contributed by atoms with Crippen LogP contribution in [0.1, 0.15) is 66.0 Å². The number of ether oxygens (including phenoxy) is 1. The summed E-state index contributed by atoms with van der Waals surface area (Å²) in [6.07, 6.45) is 1.36. The summed E-state index contributed by atoms with van der Waals surface area (Å²) in [5, 5.41) is 0. The number of hydrogen-bond acceptors (Lipinski definition) is 5. The number of rotatable bonds is 9. The smallest absolute Gasteiger partial charge is 0.328 e. The van der Waals surface area contributed by atoms with Gasteiger partial charge in [0.05, 0.1) is 0 Å². The van der Waals surface area contributed by atoms with E-state index in [0.29, 0.717) is 30.9 Å². The van der Waals surface area contributed by atoms with Crippen molar-refractivity contribution in [2.24, 2.45) is 15.8 Å². The Kier molecular flexibility index (Phi) is 9.18. The van der Waals surface area contributed by atoms with E-state index in [1.807, 2.05) is 55.5 Å². The topological polar surface area (TPSA) is 47.9 Å². The average molecular weight is 594 g/mol. The first-order chi connectivity index (χ1) is 19.2. The molecule has 41 heavy (non-hydrogen) atoms. The van der Waals surface area contributed by atoms with Gasteiger partial charge in [-0.15, -0.1) is 0 Å². The molecule has 0 bridgehead atoms. The maximum Gasteiger partial charge on any atom is 0.328 e. The van der Waals surface area contributed by atoms with E-state index in [4.69, 9.17) is 14.3 Å². The molecule has 0 saturated heterocycles. The van der Waals surface area contributed by atoms with Gasteiger partial charge in [0.1, 0.15) is 23.6 Å². The number of benzene rings is 3. The number of aliphatic imine (C=N–C) groups is 1. The quantitative estimate of drug-likeness (QED) is 0.232. The minimum atomic E-state index is -0.880. The number of halogens is 1. The van der Waals surface area contributed by atoms with Gasteiger partial charge in [-0.25, -0.2) is 13.9 Å². The first kappa shape index (κ1) is 31.4. The van der Waals surface area contributed by atoms with Crippen molar-refractivity contribution in [1.82, 2.24) is 0 Å². The summed E-state index contributed by atoms with van der Waals surface area (Å²) in [6.45, 7) is 17.0. The molecule has 7 heteroatoms. The number of aryl methyl sites for hydroxylation is 2. The Hall–Kier alpha value is -2.53. The van der Waals surface area contributed by atoms with Crippen LogP contribution >= 0.6 is 20.4 Å². The van der Waals surface area contributed by atoms with Gasteiger partial charge >= 0.3 is 8.69 Å². The molecular weight excluding hydrogens is 552 g/mol. The third-order valence-electron chi connectivity index (χ3n) is 8.09. The Bertz CT molecular complexity index is 1410. The Morgan fingerprint density at radius 1 is 0.951 bits per heavy atom. The molecule has 0 amide bonds. The Morgan fingerprint density at radius 2 is 1.61 bits per heavy atom. The van der Waals surface area contributed by atoms with Crippen molar-refractivity contribution in [2.75, 3.05) is 6.61 Å². The Labute approximate surface area is 250 Å². The van der Waals surface area contributed by atoms with E-state index in [9.17, 15) is 4.57 Å². The second-order valence-electron chi connectivity index (χ2n) is 13.1. The van der Waals surface area contributed by atoms with E-state index in [0.717, 1.165) is 20.9 Å². The zero-order chi connectivity index (χ0) is 30.1. The highest BCUT2D eigenvalue weighted by Gasteiger charge is 2.67. The standard InChI is InChI=1S/C34H41FNO3PS/c1-23-10-9-11-27(20-23)41-28-16-17-29(30(35)21-28)26-14-12-25(13-15-26)18-19-33(22-38-24(2)36-33)34(39-40-37,31(3,4)5)32(6,7)8/h9-17,20-21H,18-19,22H2,1-8H3. The van der Waals surface area contributed by atoms with Gasteiger partial charge in [-0.2, -0.15) is 0 Å². The molecule has 1 atom stereocenters. The Morgan fingerprint density at radius 3 is 2.15 bits per heavy atom.